The van der Waals surface area contributed by atoms with Crippen molar-refractivity contribution >= 4 is 17.8 Å². The molecule has 3 fully saturated rings. The predicted octanol–water partition coefficient (Wildman–Crippen LogP) is 1.69. The zero-order chi connectivity index (χ0) is 21.7. The van der Waals surface area contributed by atoms with Crippen molar-refractivity contribution in [2.45, 2.75) is 64.5 Å². The van der Waals surface area contributed by atoms with Crippen LogP contribution in [0.5, 0.6) is 0 Å². The summed E-state index contributed by atoms with van der Waals surface area (Å²) in [6.07, 6.45) is 6.76. The maximum Gasteiger partial charge on any atom is 0.321 e. The summed E-state index contributed by atoms with van der Waals surface area (Å²) in [4.78, 5) is 43.8. The molecule has 8 nitrogen and oxygen atoms in total. The molecule has 0 spiro atoms. The summed E-state index contributed by atoms with van der Waals surface area (Å²) in [6.45, 7) is 6.90. The predicted molar refractivity (Wildman–Crippen MR) is 114 cm³/mol. The third-order valence-electron chi connectivity index (χ3n) is 6.59. The molecule has 0 aromatic heterocycles. The lowest BCUT2D eigenvalue weighted by atomic mass is 9.89. The number of nitrogens with one attached hydrogen (secondary N) is 1. The Labute approximate surface area is 180 Å². The molecule has 0 aromatic carbocycles. The van der Waals surface area contributed by atoms with Crippen molar-refractivity contribution < 1.29 is 19.1 Å². The molecule has 8 heteroatoms. The molecule has 1 aliphatic carbocycles. The summed E-state index contributed by atoms with van der Waals surface area (Å²) in [5, 5.41) is 3.02. The van der Waals surface area contributed by atoms with Gasteiger partial charge in [-0.15, -0.1) is 0 Å². The van der Waals surface area contributed by atoms with Crippen molar-refractivity contribution in [2.24, 2.45) is 11.8 Å². The van der Waals surface area contributed by atoms with Gasteiger partial charge < -0.3 is 24.8 Å². The highest BCUT2D eigenvalue weighted by atomic mass is 16.5. The quantitative estimate of drug-likeness (QED) is 0.613. The van der Waals surface area contributed by atoms with Gasteiger partial charge in [-0.1, -0.05) is 33.1 Å². The molecule has 2 atom stereocenters. The van der Waals surface area contributed by atoms with Crippen LogP contribution in [0.1, 0.15) is 52.4 Å². The van der Waals surface area contributed by atoms with E-state index in [-0.39, 0.29) is 30.4 Å². The molecule has 30 heavy (non-hydrogen) atoms. The highest BCUT2D eigenvalue weighted by Crippen LogP contribution is 2.29. The molecule has 2 heterocycles. The van der Waals surface area contributed by atoms with Crippen LogP contribution in [0.25, 0.3) is 0 Å². The third kappa shape index (κ3) is 5.45. The molecule has 1 N–H and O–H groups in total. The van der Waals surface area contributed by atoms with Crippen LogP contribution in [0.4, 0.5) is 4.79 Å². The zero-order valence-electron chi connectivity index (χ0n) is 18.8. The number of ether oxygens (including phenoxy) is 1. The Kier molecular flexibility index (Phi) is 7.97. The smallest absolute Gasteiger partial charge is 0.321 e. The van der Waals surface area contributed by atoms with Crippen molar-refractivity contribution in [1.82, 2.24) is 20.0 Å². The van der Waals surface area contributed by atoms with E-state index >= 15 is 0 Å². The Morgan fingerprint density at radius 2 is 1.83 bits per heavy atom. The van der Waals surface area contributed by atoms with Gasteiger partial charge in [-0.3, -0.25) is 9.59 Å². The second kappa shape index (κ2) is 10.5. The summed E-state index contributed by atoms with van der Waals surface area (Å²) in [5.74, 6) is 0.749. The first-order chi connectivity index (χ1) is 14.4. The van der Waals surface area contributed by atoms with Crippen LogP contribution in [0.15, 0.2) is 0 Å². The number of fused-ring (bicyclic) bond motifs is 1. The Balaban J connectivity index is 1.60. The topological polar surface area (TPSA) is 82.2 Å². The Morgan fingerprint density at radius 1 is 1.13 bits per heavy atom. The van der Waals surface area contributed by atoms with Gasteiger partial charge in [-0.2, -0.15) is 0 Å². The SMILES string of the molecule is COCCN1C[C@@H]2CN(CC(=O)NCC3CCCCC3)C(=O)N2[C@@H](CC(C)C)C1=O. The van der Waals surface area contributed by atoms with Crippen molar-refractivity contribution in [2.75, 3.05) is 46.4 Å². The zero-order valence-corrected chi connectivity index (χ0v) is 18.8. The molecule has 170 valence electrons. The number of urea groups is 1. The highest BCUT2D eigenvalue weighted by Gasteiger charge is 2.49. The van der Waals surface area contributed by atoms with Gasteiger partial charge in [-0.05, 0) is 31.1 Å². The summed E-state index contributed by atoms with van der Waals surface area (Å²) < 4.78 is 5.15. The summed E-state index contributed by atoms with van der Waals surface area (Å²) in [5.41, 5.74) is 0. The standard InChI is InChI=1S/C22H38N4O4/c1-16(2)11-19-21(28)24(9-10-30-3)13-18-14-25(22(29)26(18)19)15-20(27)23-12-17-7-5-4-6-8-17/h16-19H,4-15H2,1-3H3,(H,23,27)/t18-,19+/m1/s1. The molecule has 2 saturated heterocycles. The second-order valence-corrected chi connectivity index (χ2v) is 9.45. The summed E-state index contributed by atoms with van der Waals surface area (Å²) >= 11 is 0. The average molecular weight is 423 g/mol. The monoisotopic (exact) mass is 422 g/mol. The molecule has 2 aliphatic heterocycles. The van der Waals surface area contributed by atoms with Crippen molar-refractivity contribution in [3.05, 3.63) is 0 Å². The van der Waals surface area contributed by atoms with Crippen LogP contribution in [0, 0.1) is 11.8 Å². The Bertz CT molecular complexity index is 620. The first-order valence-corrected chi connectivity index (χ1v) is 11.5. The van der Waals surface area contributed by atoms with Gasteiger partial charge in [0.15, 0.2) is 0 Å². The molecule has 1 saturated carbocycles. The number of carbonyl (C=O) groups excluding carboxylic acids is 3. The van der Waals surface area contributed by atoms with Crippen LogP contribution < -0.4 is 5.32 Å². The number of hydrogen-bond acceptors (Lipinski definition) is 4. The molecule has 0 bridgehead atoms. The van der Waals surface area contributed by atoms with E-state index in [4.69, 9.17) is 4.74 Å². The van der Waals surface area contributed by atoms with E-state index in [2.05, 4.69) is 19.2 Å². The van der Waals surface area contributed by atoms with E-state index in [0.29, 0.717) is 51.0 Å². The van der Waals surface area contributed by atoms with Gasteiger partial charge in [0.2, 0.25) is 11.8 Å². The van der Waals surface area contributed by atoms with Crippen LogP contribution in [-0.4, -0.2) is 91.1 Å². The van der Waals surface area contributed by atoms with Crippen molar-refractivity contribution in [1.29, 1.82) is 0 Å². The Morgan fingerprint density at radius 3 is 2.50 bits per heavy atom. The first kappa shape index (κ1) is 22.8. The van der Waals surface area contributed by atoms with E-state index in [9.17, 15) is 14.4 Å². The number of hydrogen-bond donors (Lipinski definition) is 1. The fourth-order valence-corrected chi connectivity index (χ4v) is 5.02. The molecule has 3 aliphatic rings. The van der Waals surface area contributed by atoms with Crippen LogP contribution in [-0.2, 0) is 14.3 Å². The largest absolute Gasteiger partial charge is 0.383 e. The fraction of sp³-hybridized carbons (Fsp3) is 0.864. The van der Waals surface area contributed by atoms with Gasteiger partial charge in [0.05, 0.1) is 12.6 Å². The number of piperazine rings is 1. The van der Waals surface area contributed by atoms with Gasteiger partial charge >= 0.3 is 6.03 Å². The molecular formula is C22H38N4O4. The molecular weight excluding hydrogens is 384 g/mol. The second-order valence-electron chi connectivity index (χ2n) is 9.45. The minimum Gasteiger partial charge on any atom is -0.383 e. The number of nitrogens with zero attached hydrogens (tertiary/aromatic N) is 3. The lowest BCUT2D eigenvalue weighted by Gasteiger charge is -2.42. The molecule has 4 amide bonds. The third-order valence-corrected chi connectivity index (χ3v) is 6.59. The highest BCUT2D eigenvalue weighted by molar-refractivity contribution is 5.91. The molecule has 0 unspecified atom stereocenters. The summed E-state index contributed by atoms with van der Waals surface area (Å²) in [6, 6.07) is -0.705. The van der Waals surface area contributed by atoms with E-state index in [1.54, 1.807) is 16.9 Å². The van der Waals surface area contributed by atoms with E-state index in [1.807, 2.05) is 4.90 Å². The van der Waals surface area contributed by atoms with Crippen molar-refractivity contribution in [3.8, 4) is 0 Å². The number of carbonyl (C=O) groups is 3. The lowest BCUT2D eigenvalue weighted by Crippen LogP contribution is -2.61. The number of methoxy groups -OCH3 is 1. The number of rotatable bonds is 9. The molecule has 0 aromatic rings. The van der Waals surface area contributed by atoms with E-state index in [1.165, 1.54) is 32.1 Å². The van der Waals surface area contributed by atoms with Gasteiger partial charge in [0, 0.05) is 33.3 Å². The van der Waals surface area contributed by atoms with Crippen LogP contribution in [0.3, 0.4) is 0 Å². The maximum atomic E-state index is 13.1. The summed E-state index contributed by atoms with van der Waals surface area (Å²) in [7, 11) is 1.62. The molecule has 0 radical (unpaired) electrons. The van der Waals surface area contributed by atoms with Gasteiger partial charge in [0.1, 0.15) is 12.6 Å². The minimum atomic E-state index is -0.455. The Hall–Kier alpha value is -1.83. The maximum absolute atomic E-state index is 13.1. The average Bonchev–Trinajstić information content (AvgIpc) is 3.02. The first-order valence-electron chi connectivity index (χ1n) is 11.5. The van der Waals surface area contributed by atoms with E-state index in [0.717, 1.165) is 0 Å². The van der Waals surface area contributed by atoms with E-state index < -0.39 is 6.04 Å². The normalized spacial score (nSPS) is 25.3. The van der Waals surface area contributed by atoms with Gasteiger partial charge in [-0.25, -0.2) is 4.79 Å². The van der Waals surface area contributed by atoms with Gasteiger partial charge in [0.25, 0.3) is 0 Å². The van der Waals surface area contributed by atoms with Crippen LogP contribution >= 0.6 is 0 Å². The van der Waals surface area contributed by atoms with Crippen LogP contribution in [0.2, 0.25) is 0 Å². The fourth-order valence-electron chi connectivity index (χ4n) is 5.02. The number of amides is 4. The van der Waals surface area contributed by atoms with Crippen molar-refractivity contribution in [3.63, 3.8) is 0 Å². The lowest BCUT2D eigenvalue weighted by molar-refractivity contribution is -0.143. The minimum absolute atomic E-state index is 0.00560. The molecule has 3 rings (SSSR count).